The van der Waals surface area contributed by atoms with Crippen molar-refractivity contribution < 1.29 is 24.9 Å². The van der Waals surface area contributed by atoms with Gasteiger partial charge >= 0.3 is 6.09 Å². The fourth-order valence-electron chi connectivity index (χ4n) is 2.89. The van der Waals surface area contributed by atoms with Gasteiger partial charge in [0, 0.05) is 17.6 Å². The molecular formula is C19H19N5O5. The van der Waals surface area contributed by atoms with E-state index in [-0.39, 0.29) is 5.56 Å². The molecule has 0 aliphatic rings. The molecule has 0 fully saturated rings. The first kappa shape index (κ1) is 20.0. The number of carbonyl (C=O) groups excluding carboxylic acids is 1. The van der Waals surface area contributed by atoms with Gasteiger partial charge in [0.25, 0.3) is 5.91 Å². The lowest BCUT2D eigenvalue weighted by Gasteiger charge is -2.14. The van der Waals surface area contributed by atoms with Gasteiger partial charge in [0.15, 0.2) is 0 Å². The summed E-state index contributed by atoms with van der Waals surface area (Å²) in [5.41, 5.74) is 7.37. The van der Waals surface area contributed by atoms with Crippen LogP contribution in [-0.4, -0.2) is 43.9 Å². The predicted octanol–water partition coefficient (Wildman–Crippen LogP) is 1.46. The first-order valence-corrected chi connectivity index (χ1v) is 8.59. The van der Waals surface area contributed by atoms with Crippen molar-refractivity contribution in [2.75, 3.05) is 17.2 Å². The molecule has 0 aliphatic heterocycles. The number of rotatable bonds is 7. The third-order valence-electron chi connectivity index (χ3n) is 4.22. The summed E-state index contributed by atoms with van der Waals surface area (Å²) in [4.78, 5) is 30.9. The van der Waals surface area contributed by atoms with Crippen molar-refractivity contribution in [1.29, 1.82) is 0 Å². The van der Waals surface area contributed by atoms with Crippen LogP contribution in [0.4, 0.5) is 16.3 Å². The molecule has 7 N–H and O–H groups in total. The standard InChI is InChI=1S/C19H19N5O5/c20-17(27)13-5-11(15(26)8-25)6-14-16(13)22-9-23-18(14)21-7-10-2-1-3-12(4-10)24-19(28)29/h1-6,9,15,24-26H,7-8H2,(H2,20,27)(H,28,29)(H,21,22,23). The van der Waals surface area contributed by atoms with Crippen molar-refractivity contribution in [2.24, 2.45) is 5.73 Å². The number of benzene rings is 2. The molecule has 10 heteroatoms. The van der Waals surface area contributed by atoms with E-state index in [1.165, 1.54) is 12.4 Å². The first-order chi connectivity index (χ1) is 13.9. The molecule has 0 spiro atoms. The van der Waals surface area contributed by atoms with Crippen LogP contribution in [0.5, 0.6) is 0 Å². The van der Waals surface area contributed by atoms with Gasteiger partial charge in [-0.05, 0) is 35.4 Å². The summed E-state index contributed by atoms with van der Waals surface area (Å²) in [7, 11) is 0. The van der Waals surface area contributed by atoms with Crippen LogP contribution in [0, 0.1) is 0 Å². The summed E-state index contributed by atoms with van der Waals surface area (Å²) in [5.74, 6) is -0.333. The number of nitrogens with two attached hydrogens (primary N) is 1. The van der Waals surface area contributed by atoms with Crippen molar-refractivity contribution in [3.8, 4) is 0 Å². The van der Waals surface area contributed by atoms with Crippen LogP contribution in [0.1, 0.15) is 27.6 Å². The number of aromatic nitrogens is 2. The molecule has 3 aromatic rings. The third kappa shape index (κ3) is 4.57. The highest BCUT2D eigenvalue weighted by Crippen LogP contribution is 2.27. The molecule has 150 valence electrons. The highest BCUT2D eigenvalue weighted by molar-refractivity contribution is 6.07. The monoisotopic (exact) mass is 397 g/mol. The molecule has 1 unspecified atom stereocenters. The third-order valence-corrected chi connectivity index (χ3v) is 4.22. The Morgan fingerprint density at radius 3 is 2.66 bits per heavy atom. The summed E-state index contributed by atoms with van der Waals surface area (Å²) in [6.45, 7) is -0.219. The van der Waals surface area contributed by atoms with Crippen LogP contribution in [0.2, 0.25) is 0 Å². The molecule has 0 saturated heterocycles. The van der Waals surface area contributed by atoms with Crippen molar-refractivity contribution in [1.82, 2.24) is 9.97 Å². The van der Waals surface area contributed by atoms with Gasteiger partial charge < -0.3 is 26.4 Å². The molecule has 2 amide bonds. The zero-order valence-electron chi connectivity index (χ0n) is 15.2. The number of primary amides is 1. The summed E-state index contributed by atoms with van der Waals surface area (Å²) in [6.07, 6.45) is -1.07. The van der Waals surface area contributed by atoms with Crippen molar-refractivity contribution in [3.05, 3.63) is 59.4 Å². The van der Waals surface area contributed by atoms with Crippen molar-refractivity contribution in [3.63, 3.8) is 0 Å². The zero-order chi connectivity index (χ0) is 21.0. The van der Waals surface area contributed by atoms with Gasteiger partial charge in [-0.15, -0.1) is 0 Å². The SMILES string of the molecule is NC(=O)c1cc(C(O)CO)cc2c(NCc3cccc(NC(=O)O)c3)ncnc12. The van der Waals surface area contributed by atoms with E-state index in [2.05, 4.69) is 20.6 Å². The summed E-state index contributed by atoms with van der Waals surface area (Å²) >= 11 is 0. The first-order valence-electron chi connectivity index (χ1n) is 8.59. The number of aliphatic hydroxyl groups is 2. The van der Waals surface area contributed by atoms with Gasteiger partial charge in [-0.2, -0.15) is 0 Å². The maximum absolute atomic E-state index is 11.8. The lowest BCUT2D eigenvalue weighted by molar-refractivity contribution is 0.0951. The zero-order valence-corrected chi connectivity index (χ0v) is 15.2. The number of amides is 2. The van der Waals surface area contributed by atoms with Gasteiger partial charge in [0.1, 0.15) is 18.2 Å². The van der Waals surface area contributed by atoms with Crippen LogP contribution in [0.15, 0.2) is 42.7 Å². The Morgan fingerprint density at radius 1 is 1.17 bits per heavy atom. The second-order valence-corrected chi connectivity index (χ2v) is 6.23. The molecule has 0 aliphatic carbocycles. The van der Waals surface area contributed by atoms with Crippen LogP contribution < -0.4 is 16.4 Å². The minimum atomic E-state index is -1.19. The molecule has 1 atom stereocenters. The fourth-order valence-corrected chi connectivity index (χ4v) is 2.89. The number of fused-ring (bicyclic) bond motifs is 1. The smallest absolute Gasteiger partial charge is 0.409 e. The molecule has 1 heterocycles. The number of anilines is 2. The molecule has 2 aromatic carbocycles. The summed E-state index contributed by atoms with van der Waals surface area (Å²) in [6, 6.07) is 9.77. The Bertz CT molecular complexity index is 1070. The maximum Gasteiger partial charge on any atom is 0.409 e. The van der Waals surface area contributed by atoms with Crippen molar-refractivity contribution >= 4 is 34.4 Å². The van der Waals surface area contributed by atoms with E-state index in [0.29, 0.717) is 34.5 Å². The fraction of sp³-hybridized carbons (Fsp3) is 0.158. The number of nitrogens with zero attached hydrogens (tertiary/aromatic N) is 2. The van der Waals surface area contributed by atoms with Crippen molar-refractivity contribution in [2.45, 2.75) is 12.6 Å². The number of nitrogens with one attached hydrogen (secondary N) is 2. The van der Waals surface area contributed by atoms with E-state index in [4.69, 9.17) is 10.8 Å². The number of carbonyl (C=O) groups is 2. The van der Waals surface area contributed by atoms with Crippen LogP contribution in [0.25, 0.3) is 10.9 Å². The highest BCUT2D eigenvalue weighted by Gasteiger charge is 2.17. The number of hydrogen-bond donors (Lipinski definition) is 6. The largest absolute Gasteiger partial charge is 0.465 e. The molecule has 3 rings (SSSR count). The lowest BCUT2D eigenvalue weighted by atomic mass is 10.0. The Morgan fingerprint density at radius 2 is 1.97 bits per heavy atom. The van der Waals surface area contributed by atoms with Crippen LogP contribution >= 0.6 is 0 Å². The average Bonchev–Trinajstić information content (AvgIpc) is 2.70. The number of carboxylic acid groups (broad SMARTS) is 1. The Hall–Kier alpha value is -3.76. The van der Waals surface area contributed by atoms with E-state index < -0.39 is 24.7 Å². The van der Waals surface area contributed by atoms with Gasteiger partial charge in [-0.3, -0.25) is 10.1 Å². The Balaban J connectivity index is 1.96. The van der Waals surface area contributed by atoms with Crippen LogP contribution in [0.3, 0.4) is 0 Å². The molecule has 0 radical (unpaired) electrons. The minimum absolute atomic E-state index is 0.100. The van der Waals surface area contributed by atoms with E-state index in [9.17, 15) is 19.8 Å². The molecule has 0 bridgehead atoms. The normalized spacial score (nSPS) is 11.8. The van der Waals surface area contributed by atoms with Gasteiger partial charge in [-0.25, -0.2) is 14.8 Å². The second-order valence-electron chi connectivity index (χ2n) is 6.23. The number of aliphatic hydroxyl groups excluding tert-OH is 2. The molecular weight excluding hydrogens is 378 g/mol. The van der Waals surface area contributed by atoms with E-state index in [0.717, 1.165) is 5.56 Å². The lowest BCUT2D eigenvalue weighted by Crippen LogP contribution is -2.15. The van der Waals surface area contributed by atoms with E-state index in [1.54, 1.807) is 30.3 Å². The summed E-state index contributed by atoms with van der Waals surface area (Å²) in [5, 5.41) is 33.9. The minimum Gasteiger partial charge on any atom is -0.465 e. The highest BCUT2D eigenvalue weighted by atomic mass is 16.4. The summed E-state index contributed by atoms with van der Waals surface area (Å²) < 4.78 is 0. The second kappa shape index (κ2) is 8.50. The van der Waals surface area contributed by atoms with Crippen LogP contribution in [-0.2, 0) is 6.54 Å². The topological polar surface area (TPSA) is 171 Å². The number of hydrogen-bond acceptors (Lipinski definition) is 7. The van der Waals surface area contributed by atoms with E-state index in [1.807, 2.05) is 0 Å². The van der Waals surface area contributed by atoms with Gasteiger partial charge in [0.05, 0.1) is 17.7 Å². The van der Waals surface area contributed by atoms with Gasteiger partial charge in [-0.1, -0.05) is 12.1 Å². The average molecular weight is 397 g/mol. The molecule has 0 saturated carbocycles. The van der Waals surface area contributed by atoms with Gasteiger partial charge in [0.2, 0.25) is 0 Å². The Kier molecular flexibility index (Phi) is 5.86. The maximum atomic E-state index is 11.8. The van der Waals surface area contributed by atoms with E-state index >= 15 is 0 Å². The Labute approximate surface area is 165 Å². The molecule has 10 nitrogen and oxygen atoms in total. The molecule has 1 aromatic heterocycles. The molecule has 29 heavy (non-hydrogen) atoms. The quantitative estimate of drug-likeness (QED) is 0.348. The predicted molar refractivity (Wildman–Crippen MR) is 106 cm³/mol.